The molecule has 6 nitrogen and oxygen atoms in total. The number of carbonyl (C=O) groups is 1. The second kappa shape index (κ2) is 11.7. The maximum absolute atomic E-state index is 11.8. The molecule has 0 aliphatic heterocycles. The van der Waals surface area contributed by atoms with Gasteiger partial charge in [-0.3, -0.25) is 4.79 Å². The van der Waals surface area contributed by atoms with Crippen LogP contribution in [0.2, 0.25) is 0 Å². The smallest absolute Gasteiger partial charge is 0.302 e. The van der Waals surface area contributed by atoms with Gasteiger partial charge < -0.3 is 4.74 Å². The Morgan fingerprint density at radius 1 is 1.00 bits per heavy atom. The molecule has 4 aliphatic carbocycles. The van der Waals surface area contributed by atoms with Gasteiger partial charge in [-0.1, -0.05) is 76.5 Å². The van der Waals surface area contributed by atoms with E-state index in [4.69, 9.17) is 4.74 Å². The molecule has 222 valence electrons. The summed E-state index contributed by atoms with van der Waals surface area (Å²) >= 11 is 0. The lowest BCUT2D eigenvalue weighted by Gasteiger charge is -2.56. The first-order valence-electron chi connectivity index (χ1n) is 15.7. The number of fused-ring (bicyclic) bond motifs is 4. The predicted octanol–water partition coefficient (Wildman–Crippen LogP) is 7.97. The summed E-state index contributed by atoms with van der Waals surface area (Å²) in [5.74, 6) is -0.315. The summed E-state index contributed by atoms with van der Waals surface area (Å²) < 4.78 is 5.63. The van der Waals surface area contributed by atoms with E-state index in [0.29, 0.717) is 30.1 Å². The second-order valence-corrected chi connectivity index (χ2v) is 14.3. The third-order valence-corrected chi connectivity index (χ3v) is 11.8. The van der Waals surface area contributed by atoms with Gasteiger partial charge in [-0.2, -0.15) is 21.0 Å². The fourth-order valence-corrected chi connectivity index (χ4v) is 8.93. The molecule has 4 aliphatic rings. The lowest BCUT2D eigenvalue weighted by Crippen LogP contribution is -2.49. The molecule has 6 heteroatoms. The van der Waals surface area contributed by atoms with Crippen molar-refractivity contribution >= 4 is 5.97 Å². The van der Waals surface area contributed by atoms with E-state index in [9.17, 15) is 25.8 Å². The molecule has 0 N–H and O–H groups in total. The number of ether oxygens (including phenoxy) is 1. The number of nitrogens with zero attached hydrogens (tertiary/aromatic N) is 4. The predicted molar refractivity (Wildman–Crippen MR) is 160 cm³/mol. The van der Waals surface area contributed by atoms with Crippen LogP contribution in [-0.4, -0.2) is 12.1 Å². The van der Waals surface area contributed by atoms with Gasteiger partial charge in [0.05, 0.1) is 24.3 Å². The van der Waals surface area contributed by atoms with Gasteiger partial charge in [-0.05, 0) is 78.9 Å². The van der Waals surface area contributed by atoms with E-state index in [0.717, 1.165) is 49.7 Å². The first-order valence-corrected chi connectivity index (χ1v) is 15.7. The van der Waals surface area contributed by atoms with Gasteiger partial charge >= 0.3 is 5.97 Å². The summed E-state index contributed by atoms with van der Waals surface area (Å²) in [7, 11) is 0. The number of allylic oxidation sites excluding steroid dienone is 5. The van der Waals surface area contributed by atoms with E-state index < -0.39 is 17.3 Å². The highest BCUT2D eigenvalue weighted by molar-refractivity contribution is 5.66. The zero-order chi connectivity index (χ0) is 31.0. The third kappa shape index (κ3) is 4.99. The second-order valence-electron chi connectivity index (χ2n) is 14.3. The molecule has 0 aromatic rings. The average Bonchev–Trinajstić information content (AvgIpc) is 3.31. The van der Waals surface area contributed by atoms with Crippen molar-refractivity contribution in [1.82, 2.24) is 0 Å². The fourth-order valence-electron chi connectivity index (χ4n) is 8.93. The molecular formula is C36H46N4O2. The highest BCUT2D eigenvalue weighted by Gasteiger charge is 2.60. The summed E-state index contributed by atoms with van der Waals surface area (Å²) in [5, 5.41) is 41.2. The SMILES string of the molecule is CC(=O)O[C@H]1CC[C@@]2(C)C(=C[C@@H](C(C#N)(C#N)C(C#N)C#N)C3=C4CC[C@H]([C@H](C)C=C[C@H](C)C(C)C)[C@@]4(C)CC[C@@H]32)C1. The molecule has 0 bridgehead atoms. The number of carbonyl (C=O) groups excluding carboxylic acids is 1. The van der Waals surface area contributed by atoms with Crippen LogP contribution in [0.15, 0.2) is 34.9 Å². The molecule has 0 aromatic heterocycles. The van der Waals surface area contributed by atoms with Crippen molar-refractivity contribution in [3.05, 3.63) is 34.9 Å². The highest BCUT2D eigenvalue weighted by atomic mass is 16.5. The molecule has 0 unspecified atom stereocenters. The van der Waals surface area contributed by atoms with E-state index in [-0.39, 0.29) is 28.8 Å². The summed E-state index contributed by atoms with van der Waals surface area (Å²) in [6.45, 7) is 15.2. The normalized spacial score (nSPS) is 33.8. The number of nitriles is 4. The summed E-state index contributed by atoms with van der Waals surface area (Å²) in [4.78, 5) is 11.8. The minimum absolute atomic E-state index is 0.0724. The van der Waals surface area contributed by atoms with Crippen LogP contribution in [0, 0.1) is 103 Å². The zero-order valence-electron chi connectivity index (χ0n) is 26.4. The van der Waals surface area contributed by atoms with Crippen molar-refractivity contribution in [2.75, 3.05) is 0 Å². The molecule has 0 spiro atoms. The Kier molecular flexibility index (Phi) is 8.82. The topological polar surface area (TPSA) is 121 Å². The molecule has 42 heavy (non-hydrogen) atoms. The van der Waals surface area contributed by atoms with Crippen LogP contribution in [0.3, 0.4) is 0 Å². The Morgan fingerprint density at radius 2 is 1.64 bits per heavy atom. The van der Waals surface area contributed by atoms with E-state index in [1.807, 2.05) is 12.1 Å². The largest absolute Gasteiger partial charge is 0.462 e. The Morgan fingerprint density at radius 3 is 2.21 bits per heavy atom. The van der Waals surface area contributed by atoms with Crippen LogP contribution in [0.5, 0.6) is 0 Å². The van der Waals surface area contributed by atoms with E-state index in [1.165, 1.54) is 12.5 Å². The molecular weight excluding hydrogens is 520 g/mol. The van der Waals surface area contributed by atoms with Crippen LogP contribution in [0.1, 0.15) is 93.4 Å². The van der Waals surface area contributed by atoms with Gasteiger partial charge in [0.2, 0.25) is 0 Å². The summed E-state index contributed by atoms with van der Waals surface area (Å²) in [5.41, 5.74) is 1.53. The van der Waals surface area contributed by atoms with E-state index >= 15 is 0 Å². The maximum atomic E-state index is 11.8. The van der Waals surface area contributed by atoms with Gasteiger partial charge in [-0.15, -0.1) is 0 Å². The van der Waals surface area contributed by atoms with Crippen LogP contribution in [0.4, 0.5) is 0 Å². The van der Waals surface area contributed by atoms with Gasteiger partial charge in [0.15, 0.2) is 11.3 Å². The van der Waals surface area contributed by atoms with E-state index in [1.54, 1.807) is 0 Å². The van der Waals surface area contributed by atoms with Gasteiger partial charge in [0, 0.05) is 19.3 Å². The van der Waals surface area contributed by atoms with Gasteiger partial charge in [0.25, 0.3) is 0 Å². The molecule has 2 saturated carbocycles. The maximum Gasteiger partial charge on any atom is 0.302 e. The highest BCUT2D eigenvalue weighted by Crippen LogP contribution is 2.67. The number of esters is 1. The van der Waals surface area contributed by atoms with Crippen molar-refractivity contribution in [3.8, 4) is 24.3 Å². The molecule has 0 aromatic carbocycles. The molecule has 0 heterocycles. The monoisotopic (exact) mass is 566 g/mol. The number of rotatable bonds is 7. The molecule has 2 fully saturated rings. The van der Waals surface area contributed by atoms with Gasteiger partial charge in [-0.25, -0.2) is 0 Å². The molecule has 0 radical (unpaired) electrons. The summed E-state index contributed by atoms with van der Waals surface area (Å²) in [6, 6.07) is 8.42. The Balaban J connectivity index is 1.90. The van der Waals surface area contributed by atoms with Crippen molar-refractivity contribution in [2.24, 2.45) is 57.7 Å². The van der Waals surface area contributed by atoms with Crippen LogP contribution < -0.4 is 0 Å². The number of hydrogen-bond donors (Lipinski definition) is 0. The molecule has 0 amide bonds. The van der Waals surface area contributed by atoms with Gasteiger partial charge in [0.1, 0.15) is 6.10 Å². The molecule has 0 saturated heterocycles. The lowest BCUT2D eigenvalue weighted by atomic mass is 9.47. The first kappa shape index (κ1) is 31.6. The van der Waals surface area contributed by atoms with Crippen molar-refractivity contribution in [2.45, 2.75) is 99.5 Å². The lowest BCUT2D eigenvalue weighted by molar-refractivity contribution is -0.148. The quantitative estimate of drug-likeness (QED) is 0.227. The molecule has 4 rings (SSSR count). The number of hydrogen-bond acceptors (Lipinski definition) is 6. The van der Waals surface area contributed by atoms with Crippen LogP contribution in [0.25, 0.3) is 0 Å². The first-order chi connectivity index (χ1) is 19.8. The Labute approximate surface area is 252 Å². The molecule has 8 atom stereocenters. The van der Waals surface area contributed by atoms with Crippen molar-refractivity contribution < 1.29 is 9.53 Å². The summed E-state index contributed by atoms with van der Waals surface area (Å²) in [6.07, 6.45) is 12.7. The minimum atomic E-state index is -1.82. The van der Waals surface area contributed by atoms with E-state index in [2.05, 4.69) is 71.9 Å². The minimum Gasteiger partial charge on any atom is -0.462 e. The standard InChI is InChI=1S/C36H46N4O2/c1-22(2)23(3)8-9-24(4)29-10-11-30-33-31(13-15-35(29,30)7)34(6)14-12-28(42-25(5)41)16-26(34)17-32(33)36(20-39,21-40)27(18-37)19-38/h8-9,17,22-24,27-29,31-32H,10-16H2,1-7H3/t23-,24+,28-,29+,31-,32+,34-,35+/m0/s1. The third-order valence-electron chi connectivity index (χ3n) is 11.8. The van der Waals surface area contributed by atoms with Crippen molar-refractivity contribution in [3.63, 3.8) is 0 Å². The fraction of sp³-hybridized carbons (Fsp3) is 0.694. The average molecular weight is 567 g/mol. The van der Waals surface area contributed by atoms with Crippen LogP contribution >= 0.6 is 0 Å². The zero-order valence-corrected chi connectivity index (χ0v) is 26.4. The van der Waals surface area contributed by atoms with Crippen LogP contribution in [-0.2, 0) is 9.53 Å². The van der Waals surface area contributed by atoms with Crippen molar-refractivity contribution in [1.29, 1.82) is 21.0 Å². The Hall–Kier alpha value is -3.35. The Bertz CT molecular complexity index is 1330.